The van der Waals surface area contributed by atoms with E-state index < -0.39 is 24.4 Å². The predicted molar refractivity (Wildman–Crippen MR) is 126 cm³/mol. The normalized spacial score (nSPS) is 14.3. The summed E-state index contributed by atoms with van der Waals surface area (Å²) < 4.78 is 11.2. The Morgan fingerprint density at radius 3 is 2.58 bits per heavy atom. The van der Waals surface area contributed by atoms with E-state index >= 15 is 0 Å². The van der Waals surface area contributed by atoms with Crippen LogP contribution in [0, 0.1) is 6.92 Å². The fourth-order valence-corrected chi connectivity index (χ4v) is 3.43. The Morgan fingerprint density at radius 2 is 1.94 bits per heavy atom. The Labute approximate surface area is 192 Å². The number of allylic oxidation sites excluding steroid dienone is 1. The zero-order chi connectivity index (χ0) is 24.0. The quantitative estimate of drug-likeness (QED) is 0.346. The second-order valence-electron chi connectivity index (χ2n) is 7.43. The molecule has 0 aromatic heterocycles. The van der Waals surface area contributed by atoms with Gasteiger partial charge in [-0.1, -0.05) is 23.8 Å². The molecule has 0 saturated carbocycles. The third kappa shape index (κ3) is 5.60. The van der Waals surface area contributed by atoms with Crippen molar-refractivity contribution in [1.29, 1.82) is 0 Å². The maximum Gasteiger partial charge on any atom is 0.329 e. The lowest BCUT2D eigenvalue weighted by Gasteiger charge is -2.14. The Kier molecular flexibility index (Phi) is 7.50. The minimum atomic E-state index is -0.657. The van der Waals surface area contributed by atoms with Crippen molar-refractivity contribution in [3.63, 3.8) is 0 Å². The van der Waals surface area contributed by atoms with Crippen LogP contribution in [0.5, 0.6) is 11.5 Å². The standard InChI is InChI=1S/C25H27N3O5/c1-5-7-18-12-17(14-21(33-6-2)23(18)32-4)13-20-24(30)28(25(31)27-20)15-22(29)26-19-10-8-16(3)9-11-19/h5,8-14H,1,6-7,15H2,2-4H3,(H,26,29)(H,27,31)/b20-13+. The van der Waals surface area contributed by atoms with E-state index in [4.69, 9.17) is 9.47 Å². The van der Waals surface area contributed by atoms with Gasteiger partial charge >= 0.3 is 6.03 Å². The van der Waals surface area contributed by atoms with E-state index in [1.165, 1.54) is 0 Å². The lowest BCUT2D eigenvalue weighted by molar-refractivity contribution is -0.127. The number of anilines is 1. The van der Waals surface area contributed by atoms with Crippen LogP contribution in [0.2, 0.25) is 0 Å². The highest BCUT2D eigenvalue weighted by Gasteiger charge is 2.35. The van der Waals surface area contributed by atoms with Crippen LogP contribution in [0.15, 0.2) is 54.8 Å². The smallest absolute Gasteiger partial charge is 0.329 e. The molecule has 8 nitrogen and oxygen atoms in total. The van der Waals surface area contributed by atoms with Crippen molar-refractivity contribution < 1.29 is 23.9 Å². The fourth-order valence-electron chi connectivity index (χ4n) is 3.43. The SMILES string of the molecule is C=CCc1cc(/C=C2/NC(=O)N(CC(=O)Nc3ccc(C)cc3)C2=O)cc(OCC)c1OC. The van der Waals surface area contributed by atoms with Crippen LogP contribution in [-0.2, 0) is 16.0 Å². The van der Waals surface area contributed by atoms with Crippen molar-refractivity contribution in [3.8, 4) is 11.5 Å². The summed E-state index contributed by atoms with van der Waals surface area (Å²) in [5, 5.41) is 5.22. The van der Waals surface area contributed by atoms with Gasteiger partial charge in [-0.05, 0) is 56.2 Å². The molecule has 2 N–H and O–H groups in total. The van der Waals surface area contributed by atoms with E-state index in [9.17, 15) is 14.4 Å². The Hall–Kier alpha value is -4.07. The molecular weight excluding hydrogens is 422 g/mol. The van der Waals surface area contributed by atoms with Crippen molar-refractivity contribution >= 4 is 29.6 Å². The number of methoxy groups -OCH3 is 1. The van der Waals surface area contributed by atoms with Crippen molar-refractivity contribution in [2.45, 2.75) is 20.3 Å². The third-order valence-corrected chi connectivity index (χ3v) is 4.93. The number of carbonyl (C=O) groups excluding carboxylic acids is 3. The lowest BCUT2D eigenvalue weighted by atomic mass is 10.0. The van der Waals surface area contributed by atoms with Crippen LogP contribution >= 0.6 is 0 Å². The molecule has 0 unspecified atom stereocenters. The second kappa shape index (κ2) is 10.5. The number of rotatable bonds is 9. The van der Waals surface area contributed by atoms with Gasteiger partial charge in [0.2, 0.25) is 5.91 Å². The molecular formula is C25H27N3O5. The molecule has 3 rings (SSSR count). The highest BCUT2D eigenvalue weighted by atomic mass is 16.5. The van der Waals surface area contributed by atoms with Gasteiger partial charge in [0, 0.05) is 11.3 Å². The first-order valence-corrected chi connectivity index (χ1v) is 10.5. The van der Waals surface area contributed by atoms with Crippen LogP contribution in [0.25, 0.3) is 6.08 Å². The third-order valence-electron chi connectivity index (χ3n) is 4.93. The van der Waals surface area contributed by atoms with E-state index in [1.54, 1.807) is 37.5 Å². The van der Waals surface area contributed by atoms with Gasteiger partial charge in [-0.2, -0.15) is 0 Å². The number of nitrogens with one attached hydrogen (secondary N) is 2. The lowest BCUT2D eigenvalue weighted by Crippen LogP contribution is -2.38. The average Bonchev–Trinajstić information content (AvgIpc) is 3.03. The number of hydrogen-bond donors (Lipinski definition) is 2. The molecule has 8 heteroatoms. The van der Waals surface area contributed by atoms with Gasteiger partial charge in [0.1, 0.15) is 12.2 Å². The molecule has 1 aliphatic rings. The van der Waals surface area contributed by atoms with E-state index in [-0.39, 0.29) is 5.70 Å². The second-order valence-corrected chi connectivity index (χ2v) is 7.43. The first-order valence-electron chi connectivity index (χ1n) is 10.5. The number of hydrogen-bond acceptors (Lipinski definition) is 5. The van der Waals surface area contributed by atoms with E-state index in [0.29, 0.717) is 35.8 Å². The largest absolute Gasteiger partial charge is 0.493 e. The summed E-state index contributed by atoms with van der Waals surface area (Å²) in [5.41, 5.74) is 3.19. The summed E-state index contributed by atoms with van der Waals surface area (Å²) in [7, 11) is 1.56. The maximum atomic E-state index is 12.8. The van der Waals surface area contributed by atoms with Gasteiger partial charge in [0.05, 0.1) is 13.7 Å². The van der Waals surface area contributed by atoms with Gasteiger partial charge in [0.25, 0.3) is 5.91 Å². The summed E-state index contributed by atoms with van der Waals surface area (Å²) >= 11 is 0. The molecule has 0 atom stereocenters. The monoisotopic (exact) mass is 449 g/mol. The molecule has 0 bridgehead atoms. The molecule has 2 aromatic rings. The van der Waals surface area contributed by atoms with Gasteiger partial charge in [0.15, 0.2) is 11.5 Å². The number of imide groups is 1. The Morgan fingerprint density at radius 1 is 1.21 bits per heavy atom. The van der Waals surface area contributed by atoms with E-state index in [1.807, 2.05) is 32.0 Å². The highest BCUT2D eigenvalue weighted by Crippen LogP contribution is 2.34. The van der Waals surface area contributed by atoms with E-state index in [0.717, 1.165) is 16.0 Å². The van der Waals surface area contributed by atoms with Gasteiger partial charge in [-0.25, -0.2) is 9.69 Å². The van der Waals surface area contributed by atoms with Gasteiger partial charge in [-0.3, -0.25) is 9.59 Å². The number of nitrogens with zero attached hydrogens (tertiary/aromatic N) is 1. The molecule has 0 radical (unpaired) electrons. The highest BCUT2D eigenvalue weighted by molar-refractivity contribution is 6.16. The number of amides is 4. The molecule has 0 aliphatic carbocycles. The van der Waals surface area contributed by atoms with E-state index in [2.05, 4.69) is 17.2 Å². The zero-order valence-corrected chi connectivity index (χ0v) is 18.9. The van der Waals surface area contributed by atoms with Crippen LogP contribution in [0.4, 0.5) is 10.5 Å². The number of urea groups is 1. The van der Waals surface area contributed by atoms with Crippen molar-refractivity contribution in [2.75, 3.05) is 25.6 Å². The number of ether oxygens (including phenoxy) is 2. The molecule has 2 aromatic carbocycles. The summed E-state index contributed by atoms with van der Waals surface area (Å²) in [4.78, 5) is 38.4. The molecule has 0 spiro atoms. The molecule has 4 amide bonds. The van der Waals surface area contributed by atoms with Crippen molar-refractivity contribution in [1.82, 2.24) is 10.2 Å². The maximum absolute atomic E-state index is 12.8. The van der Waals surface area contributed by atoms with Gasteiger partial charge in [-0.15, -0.1) is 6.58 Å². The predicted octanol–water partition coefficient (Wildman–Crippen LogP) is 3.66. The van der Waals surface area contributed by atoms with Gasteiger partial charge < -0.3 is 20.1 Å². The Balaban J connectivity index is 1.80. The minimum absolute atomic E-state index is 0.0697. The topological polar surface area (TPSA) is 97.0 Å². The Bertz CT molecular complexity index is 1110. The van der Waals surface area contributed by atoms with Crippen LogP contribution in [-0.4, -0.2) is 43.0 Å². The minimum Gasteiger partial charge on any atom is -0.493 e. The fraction of sp³-hybridized carbons (Fsp3) is 0.240. The molecule has 172 valence electrons. The van der Waals surface area contributed by atoms with Crippen LogP contribution in [0.1, 0.15) is 23.6 Å². The molecule has 1 heterocycles. The van der Waals surface area contributed by atoms with Crippen molar-refractivity contribution in [2.24, 2.45) is 0 Å². The van der Waals surface area contributed by atoms with Crippen molar-refractivity contribution in [3.05, 3.63) is 71.4 Å². The summed E-state index contributed by atoms with van der Waals surface area (Å²) in [6.07, 6.45) is 3.82. The first-order chi connectivity index (χ1) is 15.9. The van der Waals surface area contributed by atoms with Crippen LogP contribution < -0.4 is 20.1 Å². The summed E-state index contributed by atoms with van der Waals surface area (Å²) in [5.74, 6) is 0.0606. The average molecular weight is 450 g/mol. The number of carbonyl (C=O) groups is 3. The molecule has 1 fully saturated rings. The molecule has 33 heavy (non-hydrogen) atoms. The zero-order valence-electron chi connectivity index (χ0n) is 18.9. The number of aryl methyl sites for hydroxylation is 1. The summed E-state index contributed by atoms with van der Waals surface area (Å²) in [6.45, 7) is 7.60. The summed E-state index contributed by atoms with van der Waals surface area (Å²) in [6, 6.07) is 10.1. The first kappa shape index (κ1) is 23.6. The molecule has 1 aliphatic heterocycles. The molecule has 1 saturated heterocycles. The van der Waals surface area contributed by atoms with Crippen LogP contribution in [0.3, 0.4) is 0 Å². The number of benzene rings is 2.